The second kappa shape index (κ2) is 10.6. The monoisotopic (exact) mass is 460 g/mol. The molecule has 0 saturated carbocycles. The van der Waals surface area contributed by atoms with Crippen molar-refractivity contribution >= 4 is 29.1 Å². The molecule has 2 aromatic carbocycles. The molecule has 0 saturated heterocycles. The van der Waals surface area contributed by atoms with Gasteiger partial charge in [0.1, 0.15) is 11.8 Å². The summed E-state index contributed by atoms with van der Waals surface area (Å²) in [6, 6.07) is 17.7. The van der Waals surface area contributed by atoms with E-state index >= 15 is 0 Å². The zero-order chi connectivity index (χ0) is 24.7. The van der Waals surface area contributed by atoms with Crippen LogP contribution < -0.4 is 20.3 Å². The Morgan fingerprint density at radius 2 is 1.62 bits per heavy atom. The summed E-state index contributed by atoms with van der Waals surface area (Å²) in [5, 5.41) is 5.52. The summed E-state index contributed by atoms with van der Waals surface area (Å²) in [5.41, 5.74) is 0.630. The molecule has 0 radical (unpaired) electrons. The number of ether oxygens (including phenoxy) is 1. The molecular formula is C26H28N4O4. The van der Waals surface area contributed by atoms with E-state index in [-0.39, 0.29) is 0 Å². The number of carbonyl (C=O) groups excluding carboxylic acids is 3. The molecule has 1 aromatic heterocycles. The number of hydrogen-bond donors (Lipinski definition) is 2. The van der Waals surface area contributed by atoms with E-state index in [4.69, 9.17) is 4.74 Å². The van der Waals surface area contributed by atoms with Gasteiger partial charge in [0.05, 0.1) is 24.7 Å². The molecule has 3 rings (SSSR count). The molecule has 0 bridgehead atoms. The Morgan fingerprint density at radius 3 is 2.24 bits per heavy atom. The van der Waals surface area contributed by atoms with E-state index in [1.165, 1.54) is 13.3 Å². The van der Waals surface area contributed by atoms with Gasteiger partial charge in [-0.05, 0) is 50.6 Å². The summed E-state index contributed by atoms with van der Waals surface area (Å²) < 4.78 is 5.27. The van der Waals surface area contributed by atoms with Gasteiger partial charge >= 0.3 is 11.8 Å². The number of nitrogens with one attached hydrogen (secondary N) is 2. The minimum atomic E-state index is -1.11. The van der Waals surface area contributed by atoms with E-state index in [0.717, 1.165) is 4.90 Å². The lowest BCUT2D eigenvalue weighted by molar-refractivity contribution is -0.136. The molecule has 0 unspecified atom stereocenters. The number of benzene rings is 2. The van der Waals surface area contributed by atoms with Crippen LogP contribution in [0.25, 0.3) is 0 Å². The highest BCUT2D eigenvalue weighted by Gasteiger charge is 2.37. The normalized spacial score (nSPS) is 11.8. The van der Waals surface area contributed by atoms with Crippen molar-refractivity contribution in [2.45, 2.75) is 32.4 Å². The molecule has 0 aliphatic rings. The minimum absolute atomic E-state index is 0.306. The summed E-state index contributed by atoms with van der Waals surface area (Å²) >= 11 is 0. The summed E-state index contributed by atoms with van der Waals surface area (Å²) in [5.74, 6) is -1.86. The molecular weight excluding hydrogens is 432 g/mol. The first-order valence-corrected chi connectivity index (χ1v) is 10.8. The van der Waals surface area contributed by atoms with Crippen molar-refractivity contribution in [3.05, 3.63) is 84.7 Å². The molecule has 3 amide bonds. The molecule has 2 N–H and O–H groups in total. The summed E-state index contributed by atoms with van der Waals surface area (Å²) in [6.07, 6.45) is 2.99. The smallest absolute Gasteiger partial charge is 0.317 e. The van der Waals surface area contributed by atoms with E-state index < -0.39 is 29.3 Å². The highest BCUT2D eigenvalue weighted by atomic mass is 16.5. The SMILES string of the molecule is COc1ccccc1NC(=O)C(=O)N(c1cccnc1)[C@@H](C(=O)NC(C)(C)C)c1ccccc1. The zero-order valence-electron chi connectivity index (χ0n) is 19.6. The van der Waals surface area contributed by atoms with Gasteiger partial charge in [0, 0.05) is 11.7 Å². The number of rotatable bonds is 6. The Kier molecular flexibility index (Phi) is 7.63. The molecule has 0 aliphatic heterocycles. The Balaban J connectivity index is 2.06. The third-order valence-electron chi connectivity index (χ3n) is 4.81. The minimum Gasteiger partial charge on any atom is -0.495 e. The van der Waals surface area contributed by atoms with Crippen molar-refractivity contribution in [2.75, 3.05) is 17.3 Å². The van der Waals surface area contributed by atoms with Gasteiger partial charge in [-0.25, -0.2) is 0 Å². The topological polar surface area (TPSA) is 101 Å². The number of para-hydroxylation sites is 2. The van der Waals surface area contributed by atoms with Gasteiger partial charge in [-0.15, -0.1) is 0 Å². The Hall–Kier alpha value is -4.20. The molecule has 3 aromatic rings. The largest absolute Gasteiger partial charge is 0.495 e. The van der Waals surface area contributed by atoms with Gasteiger partial charge in [-0.1, -0.05) is 42.5 Å². The maximum Gasteiger partial charge on any atom is 0.317 e. The molecule has 8 nitrogen and oxygen atoms in total. The predicted octanol–water partition coefficient (Wildman–Crippen LogP) is 3.72. The van der Waals surface area contributed by atoms with Gasteiger partial charge in [-0.2, -0.15) is 0 Å². The van der Waals surface area contributed by atoms with Crippen LogP contribution in [-0.4, -0.2) is 35.4 Å². The molecule has 0 spiro atoms. The lowest BCUT2D eigenvalue weighted by atomic mass is 10.0. The van der Waals surface area contributed by atoms with Crippen molar-refractivity contribution in [3.8, 4) is 5.75 Å². The summed E-state index contributed by atoms with van der Waals surface area (Å²) in [7, 11) is 1.47. The van der Waals surface area contributed by atoms with Crippen LogP contribution in [0.3, 0.4) is 0 Å². The maximum absolute atomic E-state index is 13.6. The molecule has 0 aliphatic carbocycles. The average molecular weight is 461 g/mol. The first-order chi connectivity index (χ1) is 16.2. The van der Waals surface area contributed by atoms with E-state index in [0.29, 0.717) is 22.7 Å². The van der Waals surface area contributed by atoms with Gasteiger partial charge in [0.25, 0.3) is 0 Å². The molecule has 176 valence electrons. The van der Waals surface area contributed by atoms with Crippen molar-refractivity contribution < 1.29 is 19.1 Å². The van der Waals surface area contributed by atoms with Crippen LogP contribution in [0, 0.1) is 0 Å². The van der Waals surface area contributed by atoms with Crippen LogP contribution in [0.2, 0.25) is 0 Å². The third-order valence-corrected chi connectivity index (χ3v) is 4.81. The fourth-order valence-electron chi connectivity index (χ4n) is 3.40. The summed E-state index contributed by atoms with van der Waals surface area (Å²) in [4.78, 5) is 45.5. The highest BCUT2D eigenvalue weighted by molar-refractivity contribution is 6.45. The van der Waals surface area contributed by atoms with Crippen molar-refractivity contribution in [3.63, 3.8) is 0 Å². The van der Waals surface area contributed by atoms with Crippen LogP contribution in [0.4, 0.5) is 11.4 Å². The van der Waals surface area contributed by atoms with Crippen LogP contribution in [0.5, 0.6) is 5.75 Å². The fourth-order valence-corrected chi connectivity index (χ4v) is 3.40. The van der Waals surface area contributed by atoms with Gasteiger partial charge in [-0.3, -0.25) is 24.3 Å². The van der Waals surface area contributed by atoms with Crippen LogP contribution in [-0.2, 0) is 14.4 Å². The number of pyridine rings is 1. The van der Waals surface area contributed by atoms with Crippen LogP contribution in [0.15, 0.2) is 79.1 Å². The quantitative estimate of drug-likeness (QED) is 0.546. The van der Waals surface area contributed by atoms with Gasteiger partial charge in [0.15, 0.2) is 0 Å². The van der Waals surface area contributed by atoms with Crippen molar-refractivity contribution in [1.29, 1.82) is 0 Å². The van der Waals surface area contributed by atoms with Crippen molar-refractivity contribution in [1.82, 2.24) is 10.3 Å². The number of carbonyl (C=O) groups is 3. The second-order valence-corrected chi connectivity index (χ2v) is 8.59. The van der Waals surface area contributed by atoms with E-state index in [2.05, 4.69) is 15.6 Å². The summed E-state index contributed by atoms with van der Waals surface area (Å²) in [6.45, 7) is 5.53. The zero-order valence-corrected chi connectivity index (χ0v) is 19.6. The maximum atomic E-state index is 13.6. The average Bonchev–Trinajstić information content (AvgIpc) is 2.82. The van der Waals surface area contributed by atoms with E-state index in [9.17, 15) is 14.4 Å². The molecule has 0 fully saturated rings. The number of anilines is 2. The number of hydrogen-bond acceptors (Lipinski definition) is 5. The third kappa shape index (κ3) is 5.98. The molecule has 1 atom stereocenters. The van der Waals surface area contributed by atoms with Gasteiger partial charge in [0.2, 0.25) is 5.91 Å². The molecule has 1 heterocycles. The Labute approximate surface area is 199 Å². The molecule has 34 heavy (non-hydrogen) atoms. The highest BCUT2D eigenvalue weighted by Crippen LogP contribution is 2.29. The number of aromatic nitrogens is 1. The van der Waals surface area contributed by atoms with Crippen LogP contribution >= 0.6 is 0 Å². The number of amides is 3. The van der Waals surface area contributed by atoms with Gasteiger partial charge < -0.3 is 15.4 Å². The number of nitrogens with zero attached hydrogens (tertiary/aromatic N) is 2. The lowest BCUT2D eigenvalue weighted by Gasteiger charge is -2.33. The van der Waals surface area contributed by atoms with E-state index in [1.807, 2.05) is 26.8 Å². The predicted molar refractivity (Wildman–Crippen MR) is 130 cm³/mol. The standard InChI is InChI=1S/C26H28N4O4/c1-26(2,3)29-23(31)22(18-11-6-5-7-12-18)30(19-13-10-16-27-17-19)25(33)24(32)28-20-14-8-9-15-21(20)34-4/h5-17,22H,1-4H3,(H,28,32)(H,29,31)/t22-/m1/s1. The Bertz CT molecular complexity index is 1140. The fraction of sp³-hybridized carbons (Fsp3) is 0.231. The lowest BCUT2D eigenvalue weighted by Crippen LogP contribution is -2.51. The number of methoxy groups -OCH3 is 1. The molecule has 8 heteroatoms. The Morgan fingerprint density at radius 1 is 0.941 bits per heavy atom. The second-order valence-electron chi connectivity index (χ2n) is 8.59. The van der Waals surface area contributed by atoms with Crippen LogP contribution in [0.1, 0.15) is 32.4 Å². The first-order valence-electron chi connectivity index (χ1n) is 10.8. The first kappa shape index (κ1) is 24.4. The van der Waals surface area contributed by atoms with E-state index in [1.54, 1.807) is 66.9 Å². The van der Waals surface area contributed by atoms with Crippen molar-refractivity contribution in [2.24, 2.45) is 0 Å².